The lowest BCUT2D eigenvalue weighted by Gasteiger charge is -2.36. The van der Waals surface area contributed by atoms with Crippen LogP contribution in [0.25, 0.3) is 0 Å². The van der Waals surface area contributed by atoms with E-state index in [0.29, 0.717) is 11.3 Å². The average Bonchev–Trinajstić information content (AvgIpc) is 2.76. The van der Waals surface area contributed by atoms with Crippen LogP contribution in [0, 0.1) is 0 Å². The standard InChI is InChI=1S/C24H37NO9/c1-14(23(31)34-24(3,4)5)11-18(28)20(25-15(2)27)22(21(30)19(29)12-26)33-13-16-7-9-17(32-6)10-8-16/h7-10,18-22,26,28-30H,1,11-13H2,2-6H3,(H,25,27)/t18-,19+,20+,21+,22+/m0/s1. The first-order valence-corrected chi connectivity index (χ1v) is 10.9. The lowest BCUT2D eigenvalue weighted by molar-refractivity contribution is -0.151. The van der Waals surface area contributed by atoms with Crippen molar-refractivity contribution in [3.63, 3.8) is 0 Å². The van der Waals surface area contributed by atoms with Gasteiger partial charge in [-0.1, -0.05) is 18.7 Å². The van der Waals surface area contributed by atoms with E-state index in [9.17, 15) is 30.0 Å². The van der Waals surface area contributed by atoms with Gasteiger partial charge >= 0.3 is 5.97 Å². The second-order valence-electron chi connectivity index (χ2n) is 8.97. The van der Waals surface area contributed by atoms with Crippen LogP contribution in [0.3, 0.4) is 0 Å². The highest BCUT2D eigenvalue weighted by Crippen LogP contribution is 2.21. The molecule has 0 aliphatic rings. The molecule has 0 unspecified atom stereocenters. The summed E-state index contributed by atoms with van der Waals surface area (Å²) in [5, 5.41) is 43.4. The minimum Gasteiger partial charge on any atom is -0.497 e. The maximum atomic E-state index is 12.3. The number of methoxy groups -OCH3 is 1. The summed E-state index contributed by atoms with van der Waals surface area (Å²) in [6, 6.07) is 5.60. The zero-order valence-electron chi connectivity index (χ0n) is 20.4. The zero-order chi connectivity index (χ0) is 26.1. The van der Waals surface area contributed by atoms with Crippen LogP contribution in [0.15, 0.2) is 36.4 Å². The van der Waals surface area contributed by atoms with E-state index >= 15 is 0 Å². The first kappa shape index (κ1) is 29.5. The van der Waals surface area contributed by atoms with E-state index in [4.69, 9.17) is 14.2 Å². The summed E-state index contributed by atoms with van der Waals surface area (Å²) in [6.07, 6.45) is -6.38. The number of ether oxygens (including phenoxy) is 3. The summed E-state index contributed by atoms with van der Waals surface area (Å²) in [5.74, 6) is -0.640. The van der Waals surface area contributed by atoms with Gasteiger partial charge in [0.05, 0.1) is 32.5 Å². The van der Waals surface area contributed by atoms with E-state index in [0.717, 1.165) is 0 Å². The molecule has 10 nitrogen and oxygen atoms in total. The highest BCUT2D eigenvalue weighted by Gasteiger charge is 2.39. The third-order valence-electron chi connectivity index (χ3n) is 4.80. The van der Waals surface area contributed by atoms with Crippen molar-refractivity contribution in [1.29, 1.82) is 0 Å². The lowest BCUT2D eigenvalue weighted by Crippen LogP contribution is -2.58. The maximum Gasteiger partial charge on any atom is 0.334 e. The number of benzene rings is 1. The minimum atomic E-state index is -1.68. The van der Waals surface area contributed by atoms with Crippen molar-refractivity contribution in [2.45, 2.75) is 76.8 Å². The van der Waals surface area contributed by atoms with Gasteiger partial charge in [0.25, 0.3) is 0 Å². The number of rotatable bonds is 13. The van der Waals surface area contributed by atoms with Crippen LogP contribution in [-0.2, 0) is 25.7 Å². The largest absolute Gasteiger partial charge is 0.497 e. The SMILES string of the molecule is C=C(C[C@H](O)[C@@H](NC(C)=O)[C@@H](OCc1ccc(OC)cc1)[C@H](O)[C@H](O)CO)C(=O)OC(C)(C)C. The number of nitrogens with one attached hydrogen (secondary N) is 1. The molecular weight excluding hydrogens is 446 g/mol. The Hall–Kier alpha value is -2.50. The summed E-state index contributed by atoms with van der Waals surface area (Å²) >= 11 is 0. The Balaban J connectivity index is 3.13. The third-order valence-corrected chi connectivity index (χ3v) is 4.80. The molecule has 0 aromatic heterocycles. The summed E-state index contributed by atoms with van der Waals surface area (Å²) in [5.41, 5.74) is -0.136. The van der Waals surface area contributed by atoms with Gasteiger partial charge < -0.3 is 40.0 Å². The molecule has 34 heavy (non-hydrogen) atoms. The number of aliphatic hydroxyl groups is 4. The summed E-state index contributed by atoms with van der Waals surface area (Å²) in [7, 11) is 1.53. The predicted molar refractivity (Wildman–Crippen MR) is 124 cm³/mol. The van der Waals surface area contributed by atoms with Crippen LogP contribution in [-0.4, -0.2) is 82.1 Å². The van der Waals surface area contributed by atoms with Crippen LogP contribution in [0.4, 0.5) is 0 Å². The zero-order valence-corrected chi connectivity index (χ0v) is 20.4. The van der Waals surface area contributed by atoms with Crippen molar-refractivity contribution in [2.75, 3.05) is 13.7 Å². The van der Waals surface area contributed by atoms with E-state index in [1.54, 1.807) is 45.0 Å². The smallest absolute Gasteiger partial charge is 0.334 e. The lowest BCUT2D eigenvalue weighted by atomic mass is 9.93. The number of hydrogen-bond donors (Lipinski definition) is 5. The Kier molecular flexibility index (Phi) is 11.6. The Morgan fingerprint density at radius 3 is 2.15 bits per heavy atom. The molecule has 0 spiro atoms. The van der Waals surface area contributed by atoms with Gasteiger partial charge in [-0.3, -0.25) is 4.79 Å². The molecule has 192 valence electrons. The molecule has 1 aromatic carbocycles. The molecule has 1 amide bonds. The quantitative estimate of drug-likeness (QED) is 0.199. The van der Waals surface area contributed by atoms with Gasteiger partial charge in [0.2, 0.25) is 5.91 Å². The Bertz CT molecular complexity index is 804. The van der Waals surface area contributed by atoms with Gasteiger partial charge in [-0.25, -0.2) is 4.79 Å². The van der Waals surface area contributed by atoms with E-state index in [1.165, 1.54) is 14.0 Å². The van der Waals surface area contributed by atoms with Crippen molar-refractivity contribution in [3.8, 4) is 5.75 Å². The molecule has 0 bridgehead atoms. The second kappa shape index (κ2) is 13.4. The van der Waals surface area contributed by atoms with Crippen molar-refractivity contribution >= 4 is 11.9 Å². The molecule has 0 fully saturated rings. The summed E-state index contributed by atoms with van der Waals surface area (Å²) in [6.45, 7) is 9.08. The fourth-order valence-corrected chi connectivity index (χ4v) is 3.10. The van der Waals surface area contributed by atoms with Crippen LogP contribution in [0.1, 0.15) is 39.7 Å². The molecule has 10 heteroatoms. The highest BCUT2D eigenvalue weighted by atomic mass is 16.6. The van der Waals surface area contributed by atoms with Crippen molar-refractivity contribution in [1.82, 2.24) is 5.32 Å². The minimum absolute atomic E-state index is 0.0520. The molecule has 1 aromatic rings. The van der Waals surface area contributed by atoms with Crippen LogP contribution >= 0.6 is 0 Å². The molecule has 0 aliphatic carbocycles. The van der Waals surface area contributed by atoms with Gasteiger partial charge in [-0.05, 0) is 38.5 Å². The van der Waals surface area contributed by atoms with E-state index < -0.39 is 54.5 Å². The van der Waals surface area contributed by atoms with E-state index in [-0.39, 0.29) is 18.6 Å². The van der Waals surface area contributed by atoms with Gasteiger partial charge in [0.1, 0.15) is 29.7 Å². The Labute approximate surface area is 200 Å². The molecular formula is C24H37NO9. The molecule has 0 saturated carbocycles. The second-order valence-corrected chi connectivity index (χ2v) is 8.97. The van der Waals surface area contributed by atoms with Crippen molar-refractivity contribution in [3.05, 3.63) is 42.0 Å². The first-order valence-electron chi connectivity index (χ1n) is 10.9. The maximum absolute atomic E-state index is 12.3. The van der Waals surface area contributed by atoms with Gasteiger partial charge in [0.15, 0.2) is 0 Å². The molecule has 0 radical (unpaired) electrons. The fourth-order valence-electron chi connectivity index (χ4n) is 3.10. The fraction of sp³-hybridized carbons (Fsp3) is 0.583. The van der Waals surface area contributed by atoms with Crippen LogP contribution < -0.4 is 10.1 Å². The van der Waals surface area contributed by atoms with E-state index in [2.05, 4.69) is 11.9 Å². The molecule has 0 aliphatic heterocycles. The van der Waals surface area contributed by atoms with Crippen molar-refractivity contribution < 1.29 is 44.2 Å². The van der Waals surface area contributed by atoms with Gasteiger partial charge in [0, 0.05) is 18.9 Å². The molecule has 5 N–H and O–H groups in total. The number of aliphatic hydroxyl groups excluding tert-OH is 4. The summed E-state index contributed by atoms with van der Waals surface area (Å²) in [4.78, 5) is 24.2. The first-order chi connectivity index (χ1) is 15.8. The van der Waals surface area contributed by atoms with Gasteiger partial charge in [-0.15, -0.1) is 0 Å². The number of esters is 1. The van der Waals surface area contributed by atoms with Crippen LogP contribution in [0.5, 0.6) is 5.75 Å². The van der Waals surface area contributed by atoms with Crippen LogP contribution in [0.2, 0.25) is 0 Å². The number of hydrogen-bond acceptors (Lipinski definition) is 9. The monoisotopic (exact) mass is 483 g/mol. The van der Waals surface area contributed by atoms with E-state index in [1.807, 2.05) is 0 Å². The van der Waals surface area contributed by atoms with Gasteiger partial charge in [-0.2, -0.15) is 0 Å². The normalized spacial score (nSPS) is 16.0. The average molecular weight is 484 g/mol. The number of carbonyl (C=O) groups is 2. The number of carbonyl (C=O) groups excluding carboxylic acids is 2. The number of amides is 1. The third kappa shape index (κ3) is 9.78. The molecule has 0 heterocycles. The summed E-state index contributed by atoms with van der Waals surface area (Å²) < 4.78 is 16.2. The highest BCUT2D eigenvalue weighted by molar-refractivity contribution is 5.88. The Morgan fingerprint density at radius 1 is 1.09 bits per heavy atom. The molecule has 5 atom stereocenters. The topological polar surface area (TPSA) is 155 Å². The molecule has 0 saturated heterocycles. The molecule has 1 rings (SSSR count). The predicted octanol–water partition coefficient (Wildman–Crippen LogP) is 0.448. The Morgan fingerprint density at radius 2 is 1.68 bits per heavy atom. The van der Waals surface area contributed by atoms with Crippen molar-refractivity contribution in [2.24, 2.45) is 0 Å².